The van der Waals surface area contributed by atoms with Gasteiger partial charge in [0.2, 0.25) is 0 Å². The Bertz CT molecular complexity index is 1270. The van der Waals surface area contributed by atoms with Crippen LogP contribution in [0.1, 0.15) is 5.69 Å². The Balaban J connectivity index is 1.76. The number of anilines is 2. The molecule has 11 heteroatoms. The number of benzene rings is 2. The highest BCUT2D eigenvalue weighted by atomic mass is 35.5. The van der Waals surface area contributed by atoms with Gasteiger partial charge in [0.15, 0.2) is 5.82 Å². The monoisotopic (exact) mass is 468 g/mol. The van der Waals surface area contributed by atoms with Crippen molar-refractivity contribution in [2.75, 3.05) is 5.32 Å². The molecule has 0 amide bonds. The lowest BCUT2D eigenvalue weighted by Crippen LogP contribution is -2.13. The molecule has 0 saturated carbocycles. The van der Waals surface area contributed by atoms with Crippen LogP contribution in [0.2, 0.25) is 5.02 Å². The topological polar surface area (TPSA) is 52.0 Å². The number of hydrogen-bond donors (Lipinski definition) is 1. The summed E-state index contributed by atoms with van der Waals surface area (Å²) >= 11 is 6.04. The van der Waals surface area contributed by atoms with Crippen LogP contribution in [0.25, 0.3) is 22.3 Å². The van der Waals surface area contributed by atoms with Gasteiger partial charge in [0, 0.05) is 34.9 Å². The van der Waals surface area contributed by atoms with E-state index in [4.69, 9.17) is 11.6 Å². The summed E-state index contributed by atoms with van der Waals surface area (Å²) in [5.41, 5.74) is -0.302. The third-order valence-corrected chi connectivity index (χ3v) is 4.90. The Morgan fingerprint density at radius 2 is 1.78 bits per heavy atom. The van der Waals surface area contributed by atoms with Crippen LogP contribution in [-0.2, 0) is 13.2 Å². The summed E-state index contributed by atoms with van der Waals surface area (Å²) in [6, 6.07) is 11.5. The summed E-state index contributed by atoms with van der Waals surface area (Å²) in [4.78, 5) is 8.30. The van der Waals surface area contributed by atoms with Gasteiger partial charge in [-0.2, -0.15) is 22.0 Å². The molecule has 0 atom stereocenters. The van der Waals surface area contributed by atoms with Crippen molar-refractivity contribution in [3.05, 3.63) is 65.4 Å². The van der Waals surface area contributed by atoms with Crippen LogP contribution in [0.4, 0.5) is 33.5 Å². The fourth-order valence-electron chi connectivity index (χ4n) is 3.39. The van der Waals surface area contributed by atoms with Gasteiger partial charge in [-0.25, -0.2) is 9.97 Å². The van der Waals surface area contributed by atoms with Crippen molar-refractivity contribution in [1.82, 2.24) is 14.5 Å². The zero-order chi connectivity index (χ0) is 23.0. The van der Waals surface area contributed by atoms with E-state index in [1.54, 1.807) is 0 Å². The molecule has 0 aliphatic carbocycles. The van der Waals surface area contributed by atoms with Gasteiger partial charge in [0.25, 0.3) is 0 Å². The van der Waals surface area contributed by atoms with Gasteiger partial charge in [-0.15, -0.1) is 0 Å². The Labute approximate surface area is 183 Å². The summed E-state index contributed by atoms with van der Waals surface area (Å²) in [6.45, 7) is -2.95. The van der Waals surface area contributed by atoms with E-state index in [0.29, 0.717) is 11.2 Å². The third kappa shape index (κ3) is 4.31. The van der Waals surface area contributed by atoms with Crippen LogP contribution >= 0.6 is 11.6 Å². The maximum Gasteiger partial charge on any atom is 0.432 e. The highest BCUT2D eigenvalue weighted by Gasteiger charge is 2.39. The van der Waals surface area contributed by atoms with E-state index >= 15 is 0 Å². The number of fused-ring (bicyclic) bond motifs is 1. The molecule has 0 unspecified atom stereocenters. The molecule has 0 bridgehead atoms. The number of halogens is 6. The number of ether oxygens (including phenoxy) is 1. The normalized spacial score (nSPS) is 11.9. The number of nitrogens with zero attached hydrogens (tertiary/aromatic N) is 3. The van der Waals surface area contributed by atoms with Crippen molar-refractivity contribution in [3.63, 3.8) is 0 Å². The fourth-order valence-corrected chi connectivity index (χ4v) is 3.56. The summed E-state index contributed by atoms with van der Waals surface area (Å²) in [7, 11) is 1.31. The smallest absolute Gasteiger partial charge is 0.432 e. The van der Waals surface area contributed by atoms with E-state index in [2.05, 4.69) is 20.0 Å². The molecule has 4 rings (SSSR count). The molecule has 0 spiro atoms. The number of aryl methyl sites for hydroxylation is 1. The molecule has 0 aliphatic rings. The summed E-state index contributed by atoms with van der Waals surface area (Å²) < 4.78 is 71.6. The molecule has 4 aromatic rings. The lowest BCUT2D eigenvalue weighted by molar-refractivity contribution is -0.142. The zero-order valence-electron chi connectivity index (χ0n) is 16.3. The minimum Gasteiger partial charge on any atom is -0.435 e. The van der Waals surface area contributed by atoms with E-state index < -0.39 is 18.5 Å². The van der Waals surface area contributed by atoms with E-state index in [1.807, 2.05) is 0 Å². The quantitative estimate of drug-likeness (QED) is 0.333. The minimum absolute atomic E-state index is 0.0311. The second-order valence-corrected chi connectivity index (χ2v) is 7.17. The average Bonchev–Trinajstić information content (AvgIpc) is 3.01. The maximum absolute atomic E-state index is 13.9. The molecule has 1 N–H and O–H groups in total. The Hall–Kier alpha value is -3.40. The zero-order valence-corrected chi connectivity index (χ0v) is 17.0. The van der Waals surface area contributed by atoms with E-state index in [0.717, 1.165) is 4.57 Å². The lowest BCUT2D eigenvalue weighted by Gasteiger charge is -2.12. The molecule has 0 radical (unpaired) electrons. The Morgan fingerprint density at radius 1 is 1.06 bits per heavy atom. The van der Waals surface area contributed by atoms with Crippen molar-refractivity contribution in [3.8, 4) is 17.1 Å². The minimum atomic E-state index is -4.66. The second kappa shape index (κ2) is 8.27. The van der Waals surface area contributed by atoms with Crippen LogP contribution in [0.3, 0.4) is 0 Å². The first-order valence-corrected chi connectivity index (χ1v) is 9.52. The number of hydrogen-bond acceptors (Lipinski definition) is 4. The van der Waals surface area contributed by atoms with Crippen molar-refractivity contribution in [2.24, 2.45) is 7.05 Å². The first-order chi connectivity index (χ1) is 15.1. The number of rotatable bonds is 5. The maximum atomic E-state index is 13.9. The molecule has 0 aliphatic heterocycles. The molecule has 5 nitrogen and oxygen atoms in total. The largest absolute Gasteiger partial charge is 0.435 e. The van der Waals surface area contributed by atoms with E-state index in [1.165, 1.54) is 61.8 Å². The van der Waals surface area contributed by atoms with Gasteiger partial charge in [-0.05, 0) is 48.5 Å². The highest BCUT2D eigenvalue weighted by Crippen LogP contribution is 2.42. The predicted octanol–water partition coefficient (Wildman–Crippen LogP) is 6.65. The first-order valence-electron chi connectivity index (χ1n) is 9.14. The van der Waals surface area contributed by atoms with Crippen LogP contribution in [0, 0.1) is 0 Å². The van der Waals surface area contributed by atoms with Gasteiger partial charge >= 0.3 is 12.8 Å². The molecule has 2 aromatic heterocycles. The summed E-state index contributed by atoms with van der Waals surface area (Å²) in [5, 5.41) is 3.45. The molecule has 32 heavy (non-hydrogen) atoms. The Kier molecular flexibility index (Phi) is 5.64. The molecule has 2 heterocycles. The molecule has 0 saturated heterocycles. The Morgan fingerprint density at radius 3 is 2.44 bits per heavy atom. The molecule has 2 aromatic carbocycles. The van der Waals surface area contributed by atoms with Gasteiger partial charge in [-0.1, -0.05) is 11.6 Å². The first kappa shape index (κ1) is 21.8. The molecular formula is C21H14ClF5N4O. The number of nitrogens with one attached hydrogen (secondary N) is 1. The molecular weight excluding hydrogens is 455 g/mol. The van der Waals surface area contributed by atoms with Gasteiger partial charge < -0.3 is 14.6 Å². The summed E-state index contributed by atoms with van der Waals surface area (Å²) in [6.07, 6.45) is -3.34. The van der Waals surface area contributed by atoms with Crippen molar-refractivity contribution in [2.45, 2.75) is 12.8 Å². The number of aromatic nitrogens is 3. The van der Waals surface area contributed by atoms with Crippen LogP contribution in [-0.4, -0.2) is 21.1 Å². The second-order valence-electron chi connectivity index (χ2n) is 6.74. The van der Waals surface area contributed by atoms with E-state index in [9.17, 15) is 22.0 Å². The summed E-state index contributed by atoms with van der Waals surface area (Å²) in [5.74, 6) is 0.0360. The molecule has 166 valence electrons. The van der Waals surface area contributed by atoms with Crippen molar-refractivity contribution < 1.29 is 26.7 Å². The van der Waals surface area contributed by atoms with Gasteiger partial charge in [0.1, 0.15) is 17.3 Å². The predicted molar refractivity (Wildman–Crippen MR) is 110 cm³/mol. The fraction of sp³-hybridized carbons (Fsp3) is 0.143. The van der Waals surface area contributed by atoms with Crippen LogP contribution in [0.15, 0.2) is 54.7 Å². The SMILES string of the molecule is Cn1c(C(F)(F)F)c(-c2nccc(Nc3ccc(OC(F)F)cc3)n2)c2cc(Cl)ccc21. The van der Waals surface area contributed by atoms with Crippen LogP contribution in [0.5, 0.6) is 5.75 Å². The van der Waals surface area contributed by atoms with Crippen LogP contribution < -0.4 is 10.1 Å². The van der Waals surface area contributed by atoms with Gasteiger partial charge in [-0.3, -0.25) is 0 Å². The molecule has 0 fully saturated rings. The standard InChI is InChI=1S/C21H14ClF5N4O/c1-31-15-7-2-11(22)10-14(15)17(18(31)21(25,26)27)19-28-9-8-16(30-19)29-12-3-5-13(6-4-12)32-20(23)24/h2-10,20H,1H3,(H,28,29,30). The third-order valence-electron chi connectivity index (χ3n) is 4.66. The van der Waals surface area contributed by atoms with Crippen molar-refractivity contribution in [1.29, 1.82) is 0 Å². The average molecular weight is 469 g/mol. The van der Waals surface area contributed by atoms with Gasteiger partial charge in [0.05, 0.1) is 5.56 Å². The van der Waals surface area contributed by atoms with Crippen molar-refractivity contribution >= 4 is 34.0 Å². The lowest BCUT2D eigenvalue weighted by atomic mass is 10.1. The number of alkyl halides is 5. The van der Waals surface area contributed by atoms with E-state index in [-0.39, 0.29) is 33.4 Å². The highest BCUT2D eigenvalue weighted by molar-refractivity contribution is 6.31.